The van der Waals surface area contributed by atoms with E-state index in [9.17, 15) is 0 Å². The maximum Gasteiger partial charge on any atom is 0.191 e. The summed E-state index contributed by atoms with van der Waals surface area (Å²) in [7, 11) is 1.76. The summed E-state index contributed by atoms with van der Waals surface area (Å²) >= 11 is 1.70. The lowest BCUT2D eigenvalue weighted by Gasteiger charge is -2.14. The number of aromatic nitrogens is 2. The first kappa shape index (κ1) is 19.8. The molecule has 5 nitrogen and oxygen atoms in total. The zero-order valence-corrected chi connectivity index (χ0v) is 17.1. The van der Waals surface area contributed by atoms with E-state index in [1.54, 1.807) is 24.6 Å². The Morgan fingerprint density at radius 3 is 2.39 bits per heavy atom. The van der Waals surface area contributed by atoms with Gasteiger partial charge in [-0.25, -0.2) is 4.98 Å². The summed E-state index contributed by atoms with van der Waals surface area (Å²) in [5.41, 5.74) is 2.12. The van der Waals surface area contributed by atoms with Gasteiger partial charge in [0, 0.05) is 24.0 Å². The second-order valence-corrected chi connectivity index (χ2v) is 6.85. The van der Waals surface area contributed by atoms with Crippen molar-refractivity contribution in [3.63, 3.8) is 0 Å². The monoisotopic (exact) mass is 445 g/mol. The molecule has 126 valence electrons. The van der Waals surface area contributed by atoms with Crippen molar-refractivity contribution in [3.05, 3.63) is 46.2 Å². The summed E-state index contributed by atoms with van der Waals surface area (Å²) < 4.78 is 0. The lowest BCUT2D eigenvalue weighted by molar-refractivity contribution is 0.582. The summed E-state index contributed by atoms with van der Waals surface area (Å²) in [5.74, 6) is 0.746. The van der Waals surface area contributed by atoms with E-state index in [1.807, 2.05) is 18.2 Å². The molecule has 0 spiro atoms. The SMILES string of the molecule is CN=C(NCc1ccccn1)NCc1csc(C(C)(C)C)n1.I. The fourth-order valence-corrected chi connectivity index (χ4v) is 2.71. The highest BCUT2D eigenvalue weighted by atomic mass is 127. The number of hydrogen-bond donors (Lipinski definition) is 2. The van der Waals surface area contributed by atoms with Crippen LogP contribution in [-0.2, 0) is 18.5 Å². The molecule has 0 aliphatic heterocycles. The number of pyridine rings is 1. The minimum Gasteiger partial charge on any atom is -0.351 e. The summed E-state index contributed by atoms with van der Waals surface area (Å²) in [4.78, 5) is 13.2. The Hall–Kier alpha value is -1.22. The number of guanidine groups is 1. The number of nitrogens with one attached hydrogen (secondary N) is 2. The van der Waals surface area contributed by atoms with Crippen LogP contribution < -0.4 is 10.6 Å². The first-order valence-corrected chi connectivity index (χ1v) is 8.16. The summed E-state index contributed by atoms with van der Waals surface area (Å²) in [6.07, 6.45) is 1.79. The molecule has 2 aromatic rings. The Labute approximate surface area is 159 Å². The van der Waals surface area contributed by atoms with Crippen molar-refractivity contribution in [3.8, 4) is 0 Å². The normalized spacial score (nSPS) is 11.7. The van der Waals surface area contributed by atoms with Gasteiger partial charge in [-0.05, 0) is 12.1 Å². The molecule has 0 aliphatic carbocycles. The topological polar surface area (TPSA) is 62.2 Å². The fourth-order valence-electron chi connectivity index (χ4n) is 1.80. The van der Waals surface area contributed by atoms with Crippen LogP contribution in [0, 0.1) is 0 Å². The largest absolute Gasteiger partial charge is 0.351 e. The molecular formula is C16H24IN5S. The number of thiazole rings is 1. The number of halogens is 1. The van der Waals surface area contributed by atoms with Crippen LogP contribution in [0.3, 0.4) is 0 Å². The van der Waals surface area contributed by atoms with Gasteiger partial charge < -0.3 is 10.6 Å². The van der Waals surface area contributed by atoms with Gasteiger partial charge >= 0.3 is 0 Å². The van der Waals surface area contributed by atoms with Crippen LogP contribution in [-0.4, -0.2) is 23.0 Å². The third kappa shape index (κ3) is 6.42. The zero-order chi connectivity index (χ0) is 16.0. The molecule has 7 heteroatoms. The molecule has 2 heterocycles. The van der Waals surface area contributed by atoms with Crippen molar-refractivity contribution < 1.29 is 0 Å². The van der Waals surface area contributed by atoms with Crippen molar-refractivity contribution in [2.75, 3.05) is 7.05 Å². The maximum atomic E-state index is 4.67. The van der Waals surface area contributed by atoms with Crippen LogP contribution >= 0.6 is 35.3 Å². The minimum absolute atomic E-state index is 0. The van der Waals surface area contributed by atoms with Gasteiger partial charge in [0.05, 0.1) is 29.5 Å². The number of aliphatic imine (C=N–C) groups is 1. The Morgan fingerprint density at radius 1 is 1.17 bits per heavy atom. The average molecular weight is 445 g/mol. The molecule has 0 aliphatic rings. The molecule has 0 amide bonds. The van der Waals surface area contributed by atoms with Crippen LogP contribution in [0.15, 0.2) is 34.8 Å². The smallest absolute Gasteiger partial charge is 0.191 e. The molecule has 0 saturated carbocycles. The molecular weight excluding hydrogens is 421 g/mol. The molecule has 0 radical (unpaired) electrons. The molecule has 2 N–H and O–H groups in total. The Balaban J connectivity index is 0.00000264. The van der Waals surface area contributed by atoms with E-state index < -0.39 is 0 Å². The van der Waals surface area contributed by atoms with Crippen LogP contribution in [0.5, 0.6) is 0 Å². The van der Waals surface area contributed by atoms with E-state index in [-0.39, 0.29) is 29.4 Å². The summed E-state index contributed by atoms with van der Waals surface area (Å²) in [6.45, 7) is 7.84. The Kier molecular flexibility index (Phi) is 7.90. The van der Waals surface area contributed by atoms with Crippen molar-refractivity contribution in [2.45, 2.75) is 39.3 Å². The zero-order valence-electron chi connectivity index (χ0n) is 14.0. The number of hydrogen-bond acceptors (Lipinski definition) is 4. The van der Waals surface area contributed by atoms with E-state index in [1.165, 1.54) is 0 Å². The van der Waals surface area contributed by atoms with Gasteiger partial charge in [-0.15, -0.1) is 35.3 Å². The standard InChI is InChI=1S/C16H23N5S.HI/c1-16(2,3)14-21-13(11-22-14)10-20-15(17-4)19-9-12-7-5-6-8-18-12;/h5-8,11H,9-10H2,1-4H3,(H2,17,19,20);1H. The average Bonchev–Trinajstić information content (AvgIpc) is 2.97. The quantitative estimate of drug-likeness (QED) is 0.431. The highest BCUT2D eigenvalue weighted by molar-refractivity contribution is 14.0. The van der Waals surface area contributed by atoms with E-state index in [2.05, 4.69) is 51.7 Å². The first-order valence-electron chi connectivity index (χ1n) is 7.28. The molecule has 0 bridgehead atoms. The minimum atomic E-state index is 0. The molecule has 2 aromatic heterocycles. The number of rotatable bonds is 4. The molecule has 0 aromatic carbocycles. The highest BCUT2D eigenvalue weighted by Crippen LogP contribution is 2.25. The highest BCUT2D eigenvalue weighted by Gasteiger charge is 2.17. The van der Waals surface area contributed by atoms with E-state index in [0.717, 1.165) is 22.4 Å². The van der Waals surface area contributed by atoms with Crippen molar-refractivity contribution >= 4 is 41.3 Å². The lowest BCUT2D eigenvalue weighted by Crippen LogP contribution is -2.36. The fraction of sp³-hybridized carbons (Fsp3) is 0.438. The first-order chi connectivity index (χ1) is 10.5. The summed E-state index contributed by atoms with van der Waals surface area (Å²) in [6, 6.07) is 5.87. The summed E-state index contributed by atoms with van der Waals surface area (Å²) in [5, 5.41) is 9.77. The van der Waals surface area contributed by atoms with E-state index in [0.29, 0.717) is 13.1 Å². The van der Waals surface area contributed by atoms with E-state index in [4.69, 9.17) is 0 Å². The predicted octanol–water partition coefficient (Wildman–Crippen LogP) is 3.32. The van der Waals surface area contributed by atoms with Crippen LogP contribution in [0.4, 0.5) is 0 Å². The van der Waals surface area contributed by atoms with Crippen LogP contribution in [0.2, 0.25) is 0 Å². The second kappa shape index (κ2) is 9.17. The third-order valence-corrected chi connectivity index (χ3v) is 4.33. The second-order valence-electron chi connectivity index (χ2n) is 5.99. The third-order valence-electron chi connectivity index (χ3n) is 3.02. The van der Waals surface area contributed by atoms with Crippen molar-refractivity contribution in [2.24, 2.45) is 4.99 Å². The van der Waals surface area contributed by atoms with Crippen LogP contribution in [0.1, 0.15) is 37.2 Å². The van der Waals surface area contributed by atoms with Gasteiger partial charge in [0.25, 0.3) is 0 Å². The van der Waals surface area contributed by atoms with Gasteiger partial charge in [0.15, 0.2) is 5.96 Å². The predicted molar refractivity (Wildman–Crippen MR) is 108 cm³/mol. The Bertz CT molecular complexity index is 619. The van der Waals surface area contributed by atoms with Gasteiger partial charge in [0.1, 0.15) is 0 Å². The molecule has 0 saturated heterocycles. The Morgan fingerprint density at radius 2 is 1.87 bits per heavy atom. The molecule has 23 heavy (non-hydrogen) atoms. The van der Waals surface area contributed by atoms with Gasteiger partial charge in [-0.2, -0.15) is 0 Å². The molecule has 0 unspecified atom stereocenters. The van der Waals surface area contributed by atoms with E-state index >= 15 is 0 Å². The number of nitrogens with zero attached hydrogens (tertiary/aromatic N) is 3. The van der Waals surface area contributed by atoms with Crippen molar-refractivity contribution in [1.29, 1.82) is 0 Å². The van der Waals surface area contributed by atoms with Crippen LogP contribution in [0.25, 0.3) is 0 Å². The lowest BCUT2D eigenvalue weighted by atomic mass is 9.98. The van der Waals surface area contributed by atoms with Gasteiger partial charge in [-0.1, -0.05) is 26.8 Å². The molecule has 0 fully saturated rings. The molecule has 2 rings (SSSR count). The van der Waals surface area contributed by atoms with Gasteiger partial charge in [-0.3, -0.25) is 9.98 Å². The molecule has 0 atom stereocenters. The van der Waals surface area contributed by atoms with Crippen molar-refractivity contribution in [1.82, 2.24) is 20.6 Å². The van der Waals surface area contributed by atoms with Gasteiger partial charge in [0.2, 0.25) is 0 Å². The maximum absolute atomic E-state index is 4.67.